The van der Waals surface area contributed by atoms with Gasteiger partial charge in [-0.15, -0.1) is 0 Å². The predicted molar refractivity (Wildman–Crippen MR) is 75.3 cm³/mol. The van der Waals surface area contributed by atoms with Crippen LogP contribution in [0.4, 0.5) is 0 Å². The number of nitrogens with two attached hydrogens (primary N) is 1. The summed E-state index contributed by atoms with van der Waals surface area (Å²) in [5, 5.41) is 0.983. The van der Waals surface area contributed by atoms with Gasteiger partial charge in [0.05, 0.1) is 4.47 Å². The highest BCUT2D eigenvalue weighted by Gasteiger charge is 2.06. The van der Waals surface area contributed by atoms with Crippen molar-refractivity contribution in [3.63, 3.8) is 0 Å². The van der Waals surface area contributed by atoms with E-state index in [1.807, 2.05) is 24.3 Å². The SMILES string of the molecule is NCCc1ccccc1Sc1ncccc1Br. The Morgan fingerprint density at radius 3 is 2.76 bits per heavy atom. The van der Waals surface area contributed by atoms with Gasteiger partial charge in [-0.3, -0.25) is 0 Å². The van der Waals surface area contributed by atoms with Crippen molar-refractivity contribution >= 4 is 27.7 Å². The molecule has 2 nitrogen and oxygen atoms in total. The van der Waals surface area contributed by atoms with Gasteiger partial charge >= 0.3 is 0 Å². The van der Waals surface area contributed by atoms with Gasteiger partial charge in [0.25, 0.3) is 0 Å². The molecular weight excluding hydrogens is 296 g/mol. The second-order valence-corrected chi connectivity index (χ2v) is 5.42. The number of halogens is 1. The Morgan fingerprint density at radius 2 is 2.00 bits per heavy atom. The highest BCUT2D eigenvalue weighted by atomic mass is 79.9. The molecule has 0 fully saturated rings. The zero-order valence-electron chi connectivity index (χ0n) is 9.27. The lowest BCUT2D eigenvalue weighted by Crippen LogP contribution is -2.03. The molecule has 0 aliphatic heterocycles. The zero-order valence-corrected chi connectivity index (χ0v) is 11.7. The van der Waals surface area contributed by atoms with Crippen LogP contribution in [0.2, 0.25) is 0 Å². The van der Waals surface area contributed by atoms with Gasteiger partial charge in [0, 0.05) is 11.1 Å². The van der Waals surface area contributed by atoms with Gasteiger partial charge in [-0.2, -0.15) is 0 Å². The molecule has 0 aliphatic carbocycles. The zero-order chi connectivity index (χ0) is 12.1. The fraction of sp³-hybridized carbons (Fsp3) is 0.154. The molecule has 0 unspecified atom stereocenters. The molecule has 1 heterocycles. The molecule has 4 heteroatoms. The number of pyridine rings is 1. The Bertz CT molecular complexity index is 502. The highest BCUT2D eigenvalue weighted by Crippen LogP contribution is 2.33. The highest BCUT2D eigenvalue weighted by molar-refractivity contribution is 9.10. The Labute approximate surface area is 114 Å². The van der Waals surface area contributed by atoms with Crippen LogP contribution in [0.25, 0.3) is 0 Å². The molecule has 0 spiro atoms. The van der Waals surface area contributed by atoms with E-state index in [0.29, 0.717) is 6.54 Å². The van der Waals surface area contributed by atoms with E-state index in [1.54, 1.807) is 18.0 Å². The second-order valence-electron chi connectivity index (χ2n) is 3.54. The molecule has 2 rings (SSSR count). The van der Waals surface area contributed by atoms with Crippen LogP contribution in [0.15, 0.2) is 57.0 Å². The molecule has 0 radical (unpaired) electrons. The van der Waals surface area contributed by atoms with Crippen molar-refractivity contribution in [1.82, 2.24) is 4.98 Å². The molecule has 0 saturated heterocycles. The molecule has 0 saturated carbocycles. The van der Waals surface area contributed by atoms with Crippen molar-refractivity contribution in [3.8, 4) is 0 Å². The molecule has 0 atom stereocenters. The minimum Gasteiger partial charge on any atom is -0.330 e. The molecular formula is C13H13BrN2S. The van der Waals surface area contributed by atoms with Crippen molar-refractivity contribution < 1.29 is 0 Å². The summed E-state index contributed by atoms with van der Waals surface area (Å²) in [5.41, 5.74) is 6.89. The van der Waals surface area contributed by atoms with E-state index in [1.165, 1.54) is 10.5 Å². The van der Waals surface area contributed by atoms with Crippen molar-refractivity contribution in [3.05, 3.63) is 52.6 Å². The molecule has 0 amide bonds. The third-order valence-electron chi connectivity index (χ3n) is 2.32. The summed E-state index contributed by atoms with van der Waals surface area (Å²) in [5.74, 6) is 0. The van der Waals surface area contributed by atoms with E-state index >= 15 is 0 Å². The molecule has 2 N–H and O–H groups in total. The van der Waals surface area contributed by atoms with E-state index in [9.17, 15) is 0 Å². The number of hydrogen-bond acceptors (Lipinski definition) is 3. The third kappa shape index (κ3) is 3.31. The summed E-state index contributed by atoms with van der Waals surface area (Å²) >= 11 is 5.18. The van der Waals surface area contributed by atoms with Gasteiger partial charge in [-0.05, 0) is 52.7 Å². The molecule has 2 aromatic rings. The van der Waals surface area contributed by atoms with Gasteiger partial charge in [0.15, 0.2) is 0 Å². The smallest absolute Gasteiger partial charge is 0.115 e. The lowest BCUT2D eigenvalue weighted by Gasteiger charge is -2.08. The fourth-order valence-electron chi connectivity index (χ4n) is 1.52. The van der Waals surface area contributed by atoms with Crippen LogP contribution in [0.5, 0.6) is 0 Å². The fourth-order valence-corrected chi connectivity index (χ4v) is 2.95. The van der Waals surface area contributed by atoms with Crippen LogP contribution in [0, 0.1) is 0 Å². The Hall–Kier alpha value is -0.840. The van der Waals surface area contributed by atoms with Gasteiger partial charge < -0.3 is 5.73 Å². The molecule has 1 aromatic carbocycles. The van der Waals surface area contributed by atoms with Gasteiger partial charge in [-0.25, -0.2) is 4.98 Å². The maximum absolute atomic E-state index is 5.62. The van der Waals surface area contributed by atoms with E-state index in [-0.39, 0.29) is 0 Å². The summed E-state index contributed by atoms with van der Waals surface area (Å²) in [4.78, 5) is 5.58. The first-order chi connectivity index (χ1) is 8.31. The first kappa shape index (κ1) is 12.6. The summed E-state index contributed by atoms with van der Waals surface area (Å²) in [6.45, 7) is 0.668. The lowest BCUT2D eigenvalue weighted by molar-refractivity contribution is 0.943. The quantitative estimate of drug-likeness (QED) is 0.939. The van der Waals surface area contributed by atoms with Gasteiger partial charge in [0.1, 0.15) is 5.03 Å². The third-order valence-corrected chi connectivity index (χ3v) is 4.36. The summed E-state index contributed by atoms with van der Waals surface area (Å²) < 4.78 is 1.02. The normalized spacial score (nSPS) is 10.5. The summed E-state index contributed by atoms with van der Waals surface area (Å²) in [7, 11) is 0. The lowest BCUT2D eigenvalue weighted by atomic mass is 10.1. The monoisotopic (exact) mass is 308 g/mol. The van der Waals surface area contributed by atoms with E-state index < -0.39 is 0 Å². The second kappa shape index (κ2) is 6.19. The van der Waals surface area contributed by atoms with E-state index in [4.69, 9.17) is 5.73 Å². The van der Waals surface area contributed by atoms with Gasteiger partial charge in [-0.1, -0.05) is 30.0 Å². The maximum atomic E-state index is 5.62. The van der Waals surface area contributed by atoms with Crippen molar-refractivity contribution in [2.45, 2.75) is 16.3 Å². The van der Waals surface area contributed by atoms with Crippen LogP contribution < -0.4 is 5.73 Å². The summed E-state index contributed by atoms with van der Waals surface area (Å²) in [6, 6.07) is 12.2. The number of hydrogen-bond donors (Lipinski definition) is 1. The first-order valence-electron chi connectivity index (χ1n) is 5.37. The minimum atomic E-state index is 0.668. The van der Waals surface area contributed by atoms with Crippen LogP contribution in [0.3, 0.4) is 0 Å². The van der Waals surface area contributed by atoms with Crippen molar-refractivity contribution in [2.75, 3.05) is 6.54 Å². The number of benzene rings is 1. The topological polar surface area (TPSA) is 38.9 Å². The average molecular weight is 309 g/mol. The molecule has 88 valence electrons. The molecule has 0 aliphatic rings. The molecule has 0 bridgehead atoms. The van der Waals surface area contributed by atoms with Crippen molar-refractivity contribution in [2.24, 2.45) is 5.73 Å². The standard InChI is InChI=1S/C13H13BrN2S/c14-11-5-3-9-16-13(11)17-12-6-2-1-4-10(12)7-8-15/h1-6,9H,7-8,15H2. The van der Waals surface area contributed by atoms with Gasteiger partial charge in [0.2, 0.25) is 0 Å². The Morgan fingerprint density at radius 1 is 1.18 bits per heavy atom. The average Bonchev–Trinajstić information content (AvgIpc) is 2.35. The minimum absolute atomic E-state index is 0.668. The number of aromatic nitrogens is 1. The van der Waals surface area contributed by atoms with E-state index in [0.717, 1.165) is 15.9 Å². The Balaban J connectivity index is 2.27. The molecule has 1 aromatic heterocycles. The van der Waals surface area contributed by atoms with Crippen LogP contribution in [-0.2, 0) is 6.42 Å². The summed E-state index contributed by atoms with van der Waals surface area (Å²) in [6.07, 6.45) is 2.70. The van der Waals surface area contributed by atoms with E-state index in [2.05, 4.69) is 33.0 Å². The van der Waals surface area contributed by atoms with Crippen LogP contribution >= 0.6 is 27.7 Å². The maximum Gasteiger partial charge on any atom is 0.115 e. The van der Waals surface area contributed by atoms with Crippen LogP contribution in [-0.4, -0.2) is 11.5 Å². The largest absolute Gasteiger partial charge is 0.330 e. The van der Waals surface area contributed by atoms with Crippen LogP contribution in [0.1, 0.15) is 5.56 Å². The molecule has 17 heavy (non-hydrogen) atoms. The first-order valence-corrected chi connectivity index (χ1v) is 6.98. The predicted octanol–water partition coefficient (Wildman–Crippen LogP) is 3.50. The number of rotatable bonds is 4. The number of nitrogens with zero attached hydrogens (tertiary/aromatic N) is 1. The van der Waals surface area contributed by atoms with Crippen molar-refractivity contribution in [1.29, 1.82) is 0 Å². The Kier molecular flexibility index (Phi) is 4.59.